The number of allylic oxidation sites excluding steroid dienone is 5. The van der Waals surface area contributed by atoms with E-state index in [1.165, 1.54) is 83.6 Å². The predicted molar refractivity (Wildman–Crippen MR) is 272 cm³/mol. The van der Waals surface area contributed by atoms with Gasteiger partial charge in [0.05, 0.1) is 16.8 Å². The fourth-order valence-electron chi connectivity index (χ4n) is 14.6. The molecule has 0 heterocycles. The second-order valence-electron chi connectivity index (χ2n) is 22.2. The van der Waals surface area contributed by atoms with Gasteiger partial charge in [-0.05, 0) is 131 Å². The Morgan fingerprint density at radius 2 is 1.11 bits per heavy atom. The Morgan fingerprint density at radius 1 is 0.530 bits per heavy atom. The van der Waals surface area contributed by atoms with Gasteiger partial charge in [-0.2, -0.15) is 0 Å². The molecule has 318 valence electrons. The highest BCUT2D eigenvalue weighted by Crippen LogP contribution is 2.81. The van der Waals surface area contributed by atoms with Crippen molar-refractivity contribution < 1.29 is 0 Å². The highest BCUT2D eigenvalue weighted by molar-refractivity contribution is 6.01. The van der Waals surface area contributed by atoms with Crippen molar-refractivity contribution >= 4 is 16.9 Å². The number of fused-ring (bicyclic) bond motifs is 14. The molecular weight excluding hydrogens is 795 g/mol. The number of rotatable bonds is 4. The van der Waals surface area contributed by atoms with E-state index in [-0.39, 0.29) is 21.7 Å². The molecular formula is C65H53N. The Labute approximate surface area is 389 Å². The minimum absolute atomic E-state index is 0.00529. The van der Waals surface area contributed by atoms with Crippen LogP contribution in [0.3, 0.4) is 0 Å². The van der Waals surface area contributed by atoms with Crippen molar-refractivity contribution in [1.29, 1.82) is 0 Å². The summed E-state index contributed by atoms with van der Waals surface area (Å²) in [6, 6.07) is 60.4. The van der Waals surface area contributed by atoms with Crippen molar-refractivity contribution in [1.82, 2.24) is 0 Å². The summed E-state index contributed by atoms with van der Waals surface area (Å²) in [6.45, 7) is 16.8. The minimum atomic E-state index is -0.483. The average molecular weight is 848 g/mol. The lowest BCUT2D eigenvalue weighted by Gasteiger charge is -2.33. The first-order valence-corrected chi connectivity index (χ1v) is 24.2. The fraction of sp³-hybridized carbons (Fsp3) is 0.231. The van der Waals surface area contributed by atoms with E-state index in [4.69, 9.17) is 0 Å². The Kier molecular flexibility index (Phi) is 7.28. The SMILES string of the molecule is CC(C)(C)c1ccc2c(c1)C(C)(C)C1=CCC3C(c4ccccc4N(C4=C=C=C5C(=C4)C4(c6ccccc65)c5ccccc5-c5ccccc54)c4ccc5c(c4)-c4ccccc4C5(C)C)C123. The standard InChI is InChI=1S/C65H53N/c1-61(2,3)39-28-32-54-57(36-39)63(6,7)59-35-34-55-60(65(54,55)59)47-22-12-17-27-58(47)66(40-30-33-50-48(37-40)45-21-8-13-23-49(45)62(50,4)5)41-29-31-46-44-20-11-16-26-53(44)64(56(46)38-41)51-24-14-9-18-42(51)43-19-10-15-25-52(43)64/h8-28,30,32-33,35-38,55,60H,34H2,1-7H3. The van der Waals surface area contributed by atoms with Crippen LogP contribution in [0.4, 0.5) is 11.4 Å². The lowest BCUT2D eigenvalue weighted by molar-refractivity contribution is 0.582. The van der Waals surface area contributed by atoms with Gasteiger partial charge in [0.15, 0.2) is 0 Å². The third-order valence-electron chi connectivity index (χ3n) is 17.5. The summed E-state index contributed by atoms with van der Waals surface area (Å²) in [5.41, 5.74) is 33.9. The zero-order valence-electron chi connectivity index (χ0n) is 39.0. The number of benzene rings is 7. The van der Waals surface area contributed by atoms with E-state index in [1.54, 1.807) is 11.1 Å². The van der Waals surface area contributed by atoms with Crippen LogP contribution in [-0.2, 0) is 27.1 Å². The molecule has 1 fully saturated rings. The number of hydrogen-bond acceptors (Lipinski definition) is 1. The Bertz CT molecular complexity index is 3500. The molecule has 1 nitrogen and oxygen atoms in total. The highest BCUT2D eigenvalue weighted by atomic mass is 15.2. The first kappa shape index (κ1) is 38.4. The van der Waals surface area contributed by atoms with Gasteiger partial charge in [0.2, 0.25) is 0 Å². The molecule has 7 aliphatic rings. The van der Waals surface area contributed by atoms with Gasteiger partial charge in [-0.3, -0.25) is 0 Å². The van der Waals surface area contributed by atoms with Gasteiger partial charge in [-0.25, -0.2) is 0 Å². The normalized spacial score (nSPS) is 22.7. The largest absolute Gasteiger partial charge is 0.303 e. The maximum Gasteiger partial charge on any atom is 0.0977 e. The molecule has 3 unspecified atom stereocenters. The van der Waals surface area contributed by atoms with Crippen LogP contribution >= 0.6 is 0 Å². The van der Waals surface area contributed by atoms with Crippen molar-refractivity contribution in [2.24, 2.45) is 5.92 Å². The second kappa shape index (κ2) is 12.5. The van der Waals surface area contributed by atoms with Crippen molar-refractivity contribution in [2.45, 2.75) is 87.9 Å². The molecule has 7 aromatic carbocycles. The quantitative estimate of drug-likeness (QED) is 0.126. The third kappa shape index (κ3) is 4.49. The summed E-state index contributed by atoms with van der Waals surface area (Å²) in [6.07, 6.45) is 6.23. The minimum Gasteiger partial charge on any atom is -0.303 e. The van der Waals surface area contributed by atoms with Crippen molar-refractivity contribution in [3.05, 3.63) is 254 Å². The van der Waals surface area contributed by atoms with Crippen LogP contribution in [0.25, 0.3) is 27.8 Å². The third-order valence-corrected chi connectivity index (χ3v) is 17.5. The zero-order valence-corrected chi connectivity index (χ0v) is 39.0. The molecule has 0 aliphatic heterocycles. The first-order chi connectivity index (χ1) is 31.9. The summed E-state index contributed by atoms with van der Waals surface area (Å²) in [5, 5.41) is 0. The topological polar surface area (TPSA) is 3.24 Å². The first-order valence-electron chi connectivity index (χ1n) is 24.2. The molecule has 1 saturated carbocycles. The number of para-hydroxylation sites is 1. The zero-order chi connectivity index (χ0) is 44.7. The summed E-state index contributed by atoms with van der Waals surface area (Å²) in [4.78, 5) is 2.56. The molecule has 7 aromatic rings. The van der Waals surface area contributed by atoms with E-state index in [9.17, 15) is 0 Å². The van der Waals surface area contributed by atoms with Crippen LogP contribution < -0.4 is 4.90 Å². The van der Waals surface area contributed by atoms with Crippen LogP contribution in [0.5, 0.6) is 0 Å². The monoisotopic (exact) mass is 847 g/mol. The van der Waals surface area contributed by atoms with Crippen molar-refractivity contribution in [3.63, 3.8) is 0 Å². The summed E-state index contributed by atoms with van der Waals surface area (Å²) < 4.78 is 0. The summed E-state index contributed by atoms with van der Waals surface area (Å²) >= 11 is 0. The Hall–Kier alpha value is -6.88. The van der Waals surface area contributed by atoms with E-state index in [2.05, 4.69) is 235 Å². The molecule has 0 aromatic heterocycles. The van der Waals surface area contributed by atoms with Crippen molar-refractivity contribution in [2.75, 3.05) is 4.90 Å². The fourth-order valence-corrected chi connectivity index (χ4v) is 14.6. The Morgan fingerprint density at radius 3 is 1.80 bits per heavy atom. The van der Waals surface area contributed by atoms with Gasteiger partial charge >= 0.3 is 0 Å². The summed E-state index contributed by atoms with van der Waals surface area (Å²) in [5.74, 6) is 0.873. The smallest absolute Gasteiger partial charge is 0.0977 e. The number of nitrogens with zero attached hydrogens (tertiary/aromatic N) is 1. The molecule has 66 heavy (non-hydrogen) atoms. The van der Waals surface area contributed by atoms with Gasteiger partial charge < -0.3 is 4.90 Å². The lowest BCUT2D eigenvalue weighted by atomic mass is 9.70. The maximum atomic E-state index is 3.89. The van der Waals surface area contributed by atoms with Crippen LogP contribution in [0.15, 0.2) is 198 Å². The van der Waals surface area contributed by atoms with Gasteiger partial charge in [0.1, 0.15) is 0 Å². The van der Waals surface area contributed by atoms with Crippen LogP contribution in [0.1, 0.15) is 116 Å². The van der Waals surface area contributed by atoms with Gasteiger partial charge in [0.25, 0.3) is 0 Å². The Balaban J connectivity index is 1.01. The van der Waals surface area contributed by atoms with E-state index in [1.807, 2.05) is 0 Å². The van der Waals surface area contributed by atoms with Crippen molar-refractivity contribution in [3.8, 4) is 22.3 Å². The van der Waals surface area contributed by atoms with E-state index in [0.29, 0.717) is 11.8 Å². The predicted octanol–water partition coefficient (Wildman–Crippen LogP) is 15.7. The molecule has 0 radical (unpaired) electrons. The molecule has 7 aliphatic carbocycles. The average Bonchev–Trinajstić information content (AvgIpc) is 3.66. The second-order valence-corrected chi connectivity index (χ2v) is 22.2. The van der Waals surface area contributed by atoms with Gasteiger partial charge in [-0.1, -0.05) is 205 Å². The maximum absolute atomic E-state index is 3.89. The number of anilines is 2. The van der Waals surface area contributed by atoms with Gasteiger partial charge in [-0.15, -0.1) is 0 Å². The van der Waals surface area contributed by atoms with Crippen LogP contribution in [0, 0.1) is 5.92 Å². The van der Waals surface area contributed by atoms with E-state index in [0.717, 1.165) is 23.4 Å². The molecule has 0 amide bonds. The number of hydrogen-bond donors (Lipinski definition) is 0. The van der Waals surface area contributed by atoms with Crippen LogP contribution in [0.2, 0.25) is 0 Å². The van der Waals surface area contributed by atoms with Gasteiger partial charge in [0, 0.05) is 33.4 Å². The molecule has 2 spiro atoms. The molecule has 14 rings (SSSR count). The molecule has 0 N–H and O–H groups in total. The lowest BCUT2D eigenvalue weighted by Crippen LogP contribution is -2.27. The molecule has 1 heteroatoms. The van der Waals surface area contributed by atoms with E-state index < -0.39 is 5.41 Å². The molecule has 3 atom stereocenters. The molecule has 0 saturated heterocycles. The summed E-state index contributed by atoms with van der Waals surface area (Å²) in [7, 11) is 0. The highest BCUT2D eigenvalue weighted by Gasteiger charge is 2.75. The van der Waals surface area contributed by atoms with Crippen LogP contribution in [-0.4, -0.2) is 0 Å². The molecule has 0 bridgehead atoms. The van der Waals surface area contributed by atoms with E-state index >= 15 is 0 Å².